The normalized spacial score (nSPS) is 12.9. The Labute approximate surface area is 91.2 Å². The molecule has 78 valence electrons. The molecule has 0 saturated heterocycles. The molecule has 0 radical (unpaired) electrons. The van der Waals surface area contributed by atoms with E-state index in [-0.39, 0.29) is 5.25 Å². The maximum absolute atomic E-state index is 11.4. The van der Waals surface area contributed by atoms with Crippen LogP contribution in [0.1, 0.15) is 13.8 Å². The van der Waals surface area contributed by atoms with Crippen LogP contribution in [-0.4, -0.2) is 9.46 Å². The molecule has 0 aliphatic heterocycles. The van der Waals surface area contributed by atoms with Crippen molar-refractivity contribution in [3.63, 3.8) is 0 Å². The molecule has 0 aliphatic rings. The molecular weight excluding hydrogens is 220 g/mol. The van der Waals surface area contributed by atoms with Crippen molar-refractivity contribution in [2.75, 3.05) is 10.5 Å². The number of rotatable bonds is 3. The molecule has 0 aromatic heterocycles. The van der Waals surface area contributed by atoms with Gasteiger partial charge in [0.2, 0.25) is 0 Å². The molecule has 1 aromatic carbocycles. The largest absolute Gasteiger partial charge is 0.398 e. The first kappa shape index (κ1) is 11.3. The lowest BCUT2D eigenvalue weighted by Gasteiger charge is -2.09. The summed E-state index contributed by atoms with van der Waals surface area (Å²) in [6, 6.07) is 5.10. The summed E-state index contributed by atoms with van der Waals surface area (Å²) in [5, 5.41) is 0.530. The summed E-state index contributed by atoms with van der Waals surface area (Å²) < 4.78 is 14.3. The highest BCUT2D eigenvalue weighted by atomic mass is 35.5. The lowest BCUT2D eigenvalue weighted by Crippen LogP contribution is -2.14. The molecule has 5 heteroatoms. The smallest absolute Gasteiger partial charge is 0.119 e. The monoisotopic (exact) mass is 232 g/mol. The number of benzene rings is 1. The van der Waals surface area contributed by atoms with Crippen LogP contribution in [0.3, 0.4) is 0 Å². The third kappa shape index (κ3) is 2.89. The molecule has 0 heterocycles. The molecule has 14 heavy (non-hydrogen) atoms. The molecule has 0 fully saturated rings. The Morgan fingerprint density at radius 3 is 2.64 bits per heavy atom. The molecule has 1 aromatic rings. The van der Waals surface area contributed by atoms with Gasteiger partial charge in [-0.15, -0.1) is 0 Å². The Morgan fingerprint density at radius 2 is 2.14 bits per heavy atom. The van der Waals surface area contributed by atoms with Crippen LogP contribution >= 0.6 is 11.6 Å². The van der Waals surface area contributed by atoms with Gasteiger partial charge >= 0.3 is 0 Å². The van der Waals surface area contributed by atoms with Crippen molar-refractivity contribution >= 4 is 34.0 Å². The number of nitrogens with two attached hydrogens (primary N) is 1. The SMILES string of the molecule is CC(C)S(=O)Nc1ccc(N)c(Cl)c1. The van der Waals surface area contributed by atoms with Crippen LogP contribution in [0.4, 0.5) is 11.4 Å². The van der Waals surface area contributed by atoms with E-state index in [4.69, 9.17) is 17.3 Å². The van der Waals surface area contributed by atoms with E-state index in [1.54, 1.807) is 18.2 Å². The summed E-state index contributed by atoms with van der Waals surface area (Å²) in [7, 11) is -1.09. The van der Waals surface area contributed by atoms with Crippen molar-refractivity contribution < 1.29 is 4.21 Å². The number of nitrogen functional groups attached to an aromatic ring is 1. The fourth-order valence-electron chi connectivity index (χ4n) is 0.825. The minimum absolute atomic E-state index is 0.0614. The summed E-state index contributed by atoms with van der Waals surface area (Å²) in [5.41, 5.74) is 6.78. The Hall–Kier alpha value is -0.740. The first-order chi connectivity index (χ1) is 6.50. The summed E-state index contributed by atoms with van der Waals surface area (Å²) in [6.07, 6.45) is 0. The van der Waals surface area contributed by atoms with Gasteiger partial charge in [-0.3, -0.25) is 0 Å². The van der Waals surface area contributed by atoms with E-state index in [2.05, 4.69) is 4.72 Å². The standard InChI is InChI=1S/C9H13ClN2OS/c1-6(2)14(13)12-7-3-4-9(11)8(10)5-7/h3-6,12H,11H2,1-2H3. The third-order valence-corrected chi connectivity index (χ3v) is 3.27. The van der Waals surface area contributed by atoms with Gasteiger partial charge < -0.3 is 10.5 Å². The van der Waals surface area contributed by atoms with Gasteiger partial charge in [0, 0.05) is 10.9 Å². The fourth-order valence-corrected chi connectivity index (χ4v) is 1.60. The van der Waals surface area contributed by atoms with Crippen molar-refractivity contribution in [1.82, 2.24) is 0 Å². The number of halogens is 1. The van der Waals surface area contributed by atoms with Crippen LogP contribution in [-0.2, 0) is 11.0 Å². The second-order valence-electron chi connectivity index (χ2n) is 3.18. The number of hydrogen-bond donors (Lipinski definition) is 2. The Kier molecular flexibility index (Phi) is 3.77. The van der Waals surface area contributed by atoms with Gasteiger partial charge in [0.15, 0.2) is 0 Å². The molecule has 0 spiro atoms. The first-order valence-corrected chi connectivity index (χ1v) is 5.82. The quantitative estimate of drug-likeness (QED) is 0.787. The molecule has 0 bridgehead atoms. The molecule has 1 atom stereocenters. The second-order valence-corrected chi connectivity index (χ2v) is 5.33. The van der Waals surface area contributed by atoms with Gasteiger partial charge in [-0.25, -0.2) is 4.21 Å². The highest BCUT2D eigenvalue weighted by Crippen LogP contribution is 2.23. The van der Waals surface area contributed by atoms with Crippen LogP contribution in [0.15, 0.2) is 18.2 Å². The number of hydrogen-bond acceptors (Lipinski definition) is 2. The molecule has 1 unspecified atom stereocenters. The third-order valence-electron chi connectivity index (χ3n) is 1.65. The maximum Gasteiger partial charge on any atom is 0.119 e. The van der Waals surface area contributed by atoms with Crippen molar-refractivity contribution in [2.24, 2.45) is 0 Å². The minimum Gasteiger partial charge on any atom is -0.398 e. The molecule has 3 N–H and O–H groups in total. The Morgan fingerprint density at radius 1 is 1.50 bits per heavy atom. The molecule has 0 saturated carbocycles. The van der Waals surface area contributed by atoms with Gasteiger partial charge in [0.05, 0.1) is 10.7 Å². The van der Waals surface area contributed by atoms with Crippen LogP contribution in [0, 0.1) is 0 Å². The predicted molar refractivity (Wildman–Crippen MR) is 62.8 cm³/mol. The van der Waals surface area contributed by atoms with Crippen LogP contribution in [0.2, 0.25) is 5.02 Å². The molecule has 1 rings (SSSR count). The van der Waals surface area contributed by atoms with Crippen molar-refractivity contribution in [3.05, 3.63) is 23.2 Å². The van der Waals surface area contributed by atoms with Crippen LogP contribution in [0.25, 0.3) is 0 Å². The van der Waals surface area contributed by atoms with E-state index >= 15 is 0 Å². The average molecular weight is 233 g/mol. The number of anilines is 2. The van der Waals surface area contributed by atoms with E-state index in [9.17, 15) is 4.21 Å². The van der Waals surface area contributed by atoms with E-state index in [1.807, 2.05) is 13.8 Å². The summed E-state index contributed by atoms with van der Waals surface area (Å²) in [5.74, 6) is 0. The summed E-state index contributed by atoms with van der Waals surface area (Å²) in [4.78, 5) is 0. The van der Waals surface area contributed by atoms with E-state index < -0.39 is 11.0 Å². The zero-order chi connectivity index (χ0) is 10.7. The van der Waals surface area contributed by atoms with Gasteiger partial charge in [0.25, 0.3) is 0 Å². The van der Waals surface area contributed by atoms with Crippen molar-refractivity contribution in [1.29, 1.82) is 0 Å². The molecule has 3 nitrogen and oxygen atoms in total. The second kappa shape index (κ2) is 4.66. The Balaban J connectivity index is 2.78. The minimum atomic E-state index is -1.09. The number of nitrogens with one attached hydrogen (secondary N) is 1. The zero-order valence-electron chi connectivity index (χ0n) is 8.08. The highest BCUT2D eigenvalue weighted by molar-refractivity contribution is 7.86. The molecule has 0 aliphatic carbocycles. The molecule has 0 amide bonds. The zero-order valence-corrected chi connectivity index (χ0v) is 9.65. The molecular formula is C9H13ClN2OS. The van der Waals surface area contributed by atoms with Gasteiger partial charge in [-0.2, -0.15) is 0 Å². The van der Waals surface area contributed by atoms with Gasteiger partial charge in [-0.1, -0.05) is 11.6 Å². The first-order valence-electron chi connectivity index (χ1n) is 4.23. The van der Waals surface area contributed by atoms with Crippen molar-refractivity contribution in [2.45, 2.75) is 19.1 Å². The van der Waals surface area contributed by atoms with E-state index in [0.29, 0.717) is 10.7 Å². The van der Waals surface area contributed by atoms with Gasteiger partial charge in [-0.05, 0) is 32.0 Å². The van der Waals surface area contributed by atoms with E-state index in [0.717, 1.165) is 5.69 Å². The maximum atomic E-state index is 11.4. The summed E-state index contributed by atoms with van der Waals surface area (Å²) >= 11 is 5.81. The lowest BCUT2D eigenvalue weighted by molar-refractivity contribution is 0.680. The predicted octanol–water partition coefficient (Wildman–Crippen LogP) is 2.41. The van der Waals surface area contributed by atoms with Crippen molar-refractivity contribution in [3.8, 4) is 0 Å². The topological polar surface area (TPSA) is 55.1 Å². The van der Waals surface area contributed by atoms with Crippen LogP contribution < -0.4 is 10.5 Å². The Bertz CT molecular complexity index is 355. The average Bonchev–Trinajstić information content (AvgIpc) is 2.11. The summed E-state index contributed by atoms with van der Waals surface area (Å²) in [6.45, 7) is 3.75. The van der Waals surface area contributed by atoms with Crippen LogP contribution in [0.5, 0.6) is 0 Å². The lowest BCUT2D eigenvalue weighted by atomic mass is 10.3. The fraction of sp³-hybridized carbons (Fsp3) is 0.333. The highest BCUT2D eigenvalue weighted by Gasteiger charge is 2.05. The van der Waals surface area contributed by atoms with E-state index in [1.165, 1.54) is 0 Å². The van der Waals surface area contributed by atoms with Gasteiger partial charge in [0.1, 0.15) is 11.0 Å².